The SMILES string of the molecule is CCCCC1C(O)CN(C(=O)O)C1(C)C(=O)O. The molecule has 0 saturated carbocycles. The van der Waals surface area contributed by atoms with Crippen LogP contribution in [0.15, 0.2) is 0 Å². The van der Waals surface area contributed by atoms with Gasteiger partial charge in [-0.05, 0) is 13.3 Å². The summed E-state index contributed by atoms with van der Waals surface area (Å²) < 4.78 is 0. The van der Waals surface area contributed by atoms with Gasteiger partial charge in [0.25, 0.3) is 0 Å². The van der Waals surface area contributed by atoms with E-state index in [-0.39, 0.29) is 6.54 Å². The van der Waals surface area contributed by atoms with Gasteiger partial charge in [0.1, 0.15) is 5.54 Å². The summed E-state index contributed by atoms with van der Waals surface area (Å²) in [5.74, 6) is -1.74. The number of hydrogen-bond acceptors (Lipinski definition) is 3. The van der Waals surface area contributed by atoms with Crippen LogP contribution in [0.25, 0.3) is 0 Å². The molecule has 0 radical (unpaired) electrons. The Labute approximate surface area is 99.8 Å². The van der Waals surface area contributed by atoms with Gasteiger partial charge in [-0.3, -0.25) is 4.90 Å². The third kappa shape index (κ3) is 2.22. The molecule has 6 nitrogen and oxygen atoms in total. The van der Waals surface area contributed by atoms with Crippen molar-refractivity contribution >= 4 is 12.1 Å². The van der Waals surface area contributed by atoms with Gasteiger partial charge in [-0.1, -0.05) is 19.8 Å². The number of β-amino-alcohol motifs (C(OH)–C–C–N with tert-alkyl or cyclic N) is 1. The summed E-state index contributed by atoms with van der Waals surface area (Å²) in [5.41, 5.74) is -1.53. The normalized spacial score (nSPS) is 32.8. The summed E-state index contributed by atoms with van der Waals surface area (Å²) in [6, 6.07) is 0. The minimum absolute atomic E-state index is 0.132. The molecule has 3 N–H and O–H groups in total. The molecule has 6 heteroatoms. The number of amides is 1. The molecule has 3 atom stereocenters. The number of aliphatic hydroxyl groups excluding tert-OH is 1. The van der Waals surface area contributed by atoms with Crippen molar-refractivity contribution in [1.29, 1.82) is 0 Å². The molecule has 1 rings (SSSR count). The molecule has 0 bridgehead atoms. The molecule has 1 aliphatic heterocycles. The quantitative estimate of drug-likeness (QED) is 0.686. The third-order valence-electron chi connectivity index (χ3n) is 3.65. The Morgan fingerprint density at radius 2 is 2.00 bits per heavy atom. The monoisotopic (exact) mass is 245 g/mol. The average Bonchev–Trinajstić information content (AvgIpc) is 2.50. The van der Waals surface area contributed by atoms with Crippen LogP contribution < -0.4 is 0 Å². The van der Waals surface area contributed by atoms with Crippen LogP contribution in [-0.2, 0) is 4.79 Å². The Kier molecular flexibility index (Phi) is 3.98. The molecule has 0 aromatic rings. The van der Waals surface area contributed by atoms with E-state index in [9.17, 15) is 19.8 Å². The van der Waals surface area contributed by atoms with Crippen LogP contribution in [0.5, 0.6) is 0 Å². The molecule has 1 amide bonds. The number of carboxylic acids is 1. The molecule has 0 aromatic carbocycles. The zero-order chi connectivity index (χ0) is 13.2. The summed E-state index contributed by atoms with van der Waals surface area (Å²) in [6.45, 7) is 3.21. The van der Waals surface area contributed by atoms with Crippen molar-refractivity contribution in [3.8, 4) is 0 Å². The zero-order valence-corrected chi connectivity index (χ0v) is 10.1. The van der Waals surface area contributed by atoms with Gasteiger partial charge >= 0.3 is 12.1 Å². The molecule has 1 heterocycles. The van der Waals surface area contributed by atoms with Gasteiger partial charge < -0.3 is 15.3 Å². The van der Waals surface area contributed by atoms with Crippen molar-refractivity contribution in [2.24, 2.45) is 5.92 Å². The van der Waals surface area contributed by atoms with Crippen LogP contribution >= 0.6 is 0 Å². The van der Waals surface area contributed by atoms with E-state index in [4.69, 9.17) is 5.11 Å². The number of rotatable bonds is 4. The lowest BCUT2D eigenvalue weighted by Gasteiger charge is -2.33. The first-order chi connectivity index (χ1) is 7.85. The van der Waals surface area contributed by atoms with Crippen molar-refractivity contribution in [2.45, 2.75) is 44.8 Å². The minimum Gasteiger partial charge on any atom is -0.479 e. The van der Waals surface area contributed by atoms with Crippen LogP contribution in [0.3, 0.4) is 0 Å². The van der Waals surface area contributed by atoms with Crippen molar-refractivity contribution in [2.75, 3.05) is 6.54 Å². The Morgan fingerprint density at radius 1 is 1.41 bits per heavy atom. The second kappa shape index (κ2) is 4.91. The molecular weight excluding hydrogens is 226 g/mol. The minimum atomic E-state index is -1.53. The smallest absolute Gasteiger partial charge is 0.408 e. The Bertz CT molecular complexity index is 319. The highest BCUT2D eigenvalue weighted by Gasteiger charge is 2.57. The van der Waals surface area contributed by atoms with Gasteiger partial charge in [0, 0.05) is 5.92 Å². The fourth-order valence-corrected chi connectivity index (χ4v) is 2.53. The van der Waals surface area contributed by atoms with Gasteiger partial charge in [-0.25, -0.2) is 9.59 Å². The van der Waals surface area contributed by atoms with Gasteiger partial charge in [0.05, 0.1) is 12.6 Å². The fraction of sp³-hybridized carbons (Fsp3) is 0.818. The highest BCUT2D eigenvalue weighted by atomic mass is 16.4. The first-order valence-corrected chi connectivity index (χ1v) is 5.77. The maximum Gasteiger partial charge on any atom is 0.408 e. The first kappa shape index (κ1) is 13.8. The van der Waals surface area contributed by atoms with E-state index in [0.717, 1.165) is 17.7 Å². The fourth-order valence-electron chi connectivity index (χ4n) is 2.53. The predicted molar refractivity (Wildman–Crippen MR) is 59.8 cm³/mol. The topological polar surface area (TPSA) is 98.1 Å². The summed E-state index contributed by atoms with van der Waals surface area (Å²) in [4.78, 5) is 23.2. The van der Waals surface area contributed by atoms with Crippen molar-refractivity contribution < 1.29 is 24.9 Å². The molecule has 0 aromatic heterocycles. The van der Waals surface area contributed by atoms with Crippen molar-refractivity contribution in [1.82, 2.24) is 4.90 Å². The van der Waals surface area contributed by atoms with Crippen LogP contribution in [0.4, 0.5) is 4.79 Å². The van der Waals surface area contributed by atoms with E-state index >= 15 is 0 Å². The maximum absolute atomic E-state index is 11.3. The van der Waals surface area contributed by atoms with E-state index < -0.39 is 29.6 Å². The molecule has 17 heavy (non-hydrogen) atoms. The number of unbranched alkanes of at least 4 members (excludes halogenated alkanes) is 1. The second-order valence-electron chi connectivity index (χ2n) is 4.66. The van der Waals surface area contributed by atoms with Crippen LogP contribution in [-0.4, -0.2) is 50.5 Å². The van der Waals surface area contributed by atoms with E-state index in [1.54, 1.807) is 0 Å². The molecular formula is C11H19NO5. The first-order valence-electron chi connectivity index (χ1n) is 5.77. The van der Waals surface area contributed by atoms with Gasteiger partial charge in [0.2, 0.25) is 0 Å². The maximum atomic E-state index is 11.3. The number of aliphatic hydroxyl groups is 1. The number of carboxylic acid groups (broad SMARTS) is 2. The molecule has 98 valence electrons. The van der Waals surface area contributed by atoms with Crippen LogP contribution in [0, 0.1) is 5.92 Å². The second-order valence-corrected chi connectivity index (χ2v) is 4.66. The standard InChI is InChI=1S/C11H19NO5/c1-3-4-5-7-8(13)6-12(10(16)17)11(7,2)9(14)15/h7-8,13H,3-6H2,1-2H3,(H,14,15)(H,16,17). The number of likely N-dealkylation sites (tertiary alicyclic amines) is 1. The Morgan fingerprint density at radius 3 is 2.41 bits per heavy atom. The summed E-state index contributed by atoms with van der Waals surface area (Å²) in [7, 11) is 0. The number of nitrogens with zero attached hydrogens (tertiary/aromatic N) is 1. The molecule has 1 aliphatic rings. The third-order valence-corrected chi connectivity index (χ3v) is 3.65. The lowest BCUT2D eigenvalue weighted by Crippen LogP contribution is -2.54. The summed E-state index contributed by atoms with van der Waals surface area (Å²) in [6.07, 6.45) is -0.0272. The summed E-state index contributed by atoms with van der Waals surface area (Å²) >= 11 is 0. The lowest BCUT2D eigenvalue weighted by molar-refractivity contribution is -0.150. The van der Waals surface area contributed by atoms with Crippen LogP contribution in [0.1, 0.15) is 33.1 Å². The van der Waals surface area contributed by atoms with Crippen molar-refractivity contribution in [3.05, 3.63) is 0 Å². The average molecular weight is 245 g/mol. The zero-order valence-electron chi connectivity index (χ0n) is 10.1. The van der Waals surface area contributed by atoms with E-state index in [1.807, 2.05) is 6.92 Å². The number of hydrogen-bond donors (Lipinski definition) is 3. The molecule has 3 unspecified atom stereocenters. The van der Waals surface area contributed by atoms with Gasteiger partial charge in [0.15, 0.2) is 0 Å². The van der Waals surface area contributed by atoms with Gasteiger partial charge in [-0.2, -0.15) is 0 Å². The Balaban J connectivity index is 3.02. The van der Waals surface area contributed by atoms with E-state index in [0.29, 0.717) is 6.42 Å². The summed E-state index contributed by atoms with van der Waals surface area (Å²) in [5, 5.41) is 28.1. The molecule has 1 saturated heterocycles. The highest BCUT2D eigenvalue weighted by molar-refractivity contribution is 5.84. The molecule has 0 spiro atoms. The van der Waals surface area contributed by atoms with E-state index in [1.165, 1.54) is 6.92 Å². The molecule has 1 fully saturated rings. The highest BCUT2D eigenvalue weighted by Crippen LogP contribution is 2.38. The van der Waals surface area contributed by atoms with E-state index in [2.05, 4.69) is 0 Å². The predicted octanol–water partition coefficient (Wildman–Crippen LogP) is 0.991. The number of aliphatic carboxylic acids is 1. The van der Waals surface area contributed by atoms with Gasteiger partial charge in [-0.15, -0.1) is 0 Å². The van der Waals surface area contributed by atoms with Crippen LogP contribution in [0.2, 0.25) is 0 Å². The molecule has 0 aliphatic carbocycles. The largest absolute Gasteiger partial charge is 0.479 e. The Hall–Kier alpha value is -1.30. The lowest BCUT2D eigenvalue weighted by atomic mass is 9.81. The van der Waals surface area contributed by atoms with Crippen molar-refractivity contribution in [3.63, 3.8) is 0 Å². The number of carbonyl (C=O) groups is 2.